The van der Waals surface area contributed by atoms with Crippen molar-refractivity contribution in [3.63, 3.8) is 0 Å². The number of aromatic nitrogens is 2. The quantitative estimate of drug-likeness (QED) is 0.619. The fourth-order valence-electron chi connectivity index (χ4n) is 3.06. The molecule has 0 bridgehead atoms. The summed E-state index contributed by atoms with van der Waals surface area (Å²) in [6, 6.07) is 12.9. The van der Waals surface area contributed by atoms with Gasteiger partial charge in [-0.2, -0.15) is 0 Å². The molecule has 118 valence electrons. The van der Waals surface area contributed by atoms with Crippen molar-refractivity contribution in [2.24, 2.45) is 0 Å². The van der Waals surface area contributed by atoms with Gasteiger partial charge in [-0.15, -0.1) is 0 Å². The molecular formula is C21H24N2. The molecule has 3 rings (SSSR count). The minimum absolute atomic E-state index is 0.218. The lowest BCUT2D eigenvalue weighted by molar-refractivity contribution is 0.439. The molecule has 0 aliphatic carbocycles. The monoisotopic (exact) mass is 304 g/mol. The molecule has 0 fully saturated rings. The van der Waals surface area contributed by atoms with Gasteiger partial charge in [-0.1, -0.05) is 32.4 Å². The van der Waals surface area contributed by atoms with Gasteiger partial charge in [0.15, 0.2) is 0 Å². The molecule has 0 aliphatic rings. The molecule has 0 saturated carbocycles. The van der Waals surface area contributed by atoms with Gasteiger partial charge in [-0.05, 0) is 61.1 Å². The largest absolute Gasteiger partial charge is 0.256 e. The molecule has 2 aromatic heterocycles. The Morgan fingerprint density at radius 1 is 1.00 bits per heavy atom. The molecule has 2 heterocycles. The van der Waals surface area contributed by atoms with Gasteiger partial charge in [0.2, 0.25) is 0 Å². The van der Waals surface area contributed by atoms with E-state index >= 15 is 0 Å². The number of benzene rings is 1. The van der Waals surface area contributed by atoms with Crippen LogP contribution in [0.1, 0.15) is 44.7 Å². The van der Waals surface area contributed by atoms with Gasteiger partial charge in [0.25, 0.3) is 0 Å². The van der Waals surface area contributed by atoms with Gasteiger partial charge in [-0.3, -0.25) is 9.97 Å². The number of aryl methyl sites for hydroxylation is 1. The van der Waals surface area contributed by atoms with Crippen molar-refractivity contribution in [3.8, 4) is 11.3 Å². The van der Waals surface area contributed by atoms with E-state index in [1.54, 1.807) is 0 Å². The Kier molecular flexibility index (Phi) is 4.16. The van der Waals surface area contributed by atoms with E-state index in [4.69, 9.17) is 0 Å². The molecule has 0 saturated heterocycles. The lowest BCUT2D eigenvalue weighted by atomic mass is 9.77. The normalized spacial score (nSPS) is 11.8. The second-order valence-electron chi connectivity index (χ2n) is 6.62. The van der Waals surface area contributed by atoms with E-state index in [9.17, 15) is 0 Å². The first-order valence-electron chi connectivity index (χ1n) is 8.39. The van der Waals surface area contributed by atoms with Crippen LogP contribution in [0.3, 0.4) is 0 Å². The minimum Gasteiger partial charge on any atom is -0.256 e. The molecule has 2 nitrogen and oxygen atoms in total. The summed E-state index contributed by atoms with van der Waals surface area (Å²) in [5.41, 5.74) is 6.08. The number of rotatable bonds is 4. The van der Waals surface area contributed by atoms with E-state index in [1.807, 2.05) is 24.5 Å². The van der Waals surface area contributed by atoms with Gasteiger partial charge in [0, 0.05) is 23.3 Å². The molecule has 0 unspecified atom stereocenters. The van der Waals surface area contributed by atoms with Gasteiger partial charge < -0.3 is 0 Å². The molecule has 23 heavy (non-hydrogen) atoms. The third-order valence-corrected chi connectivity index (χ3v) is 5.12. The van der Waals surface area contributed by atoms with Crippen LogP contribution in [0.15, 0.2) is 48.8 Å². The van der Waals surface area contributed by atoms with Crippen LogP contribution in [-0.2, 0) is 5.41 Å². The smallest absolute Gasteiger partial charge is 0.0739 e. The number of fused-ring (bicyclic) bond motifs is 1. The third kappa shape index (κ3) is 2.98. The predicted octanol–water partition coefficient (Wildman–Crippen LogP) is 5.68. The van der Waals surface area contributed by atoms with Crippen molar-refractivity contribution in [3.05, 3.63) is 59.9 Å². The van der Waals surface area contributed by atoms with Crippen molar-refractivity contribution in [1.82, 2.24) is 9.97 Å². The molecule has 0 amide bonds. The predicted molar refractivity (Wildman–Crippen MR) is 97.6 cm³/mol. The summed E-state index contributed by atoms with van der Waals surface area (Å²) in [6.07, 6.45) is 6.02. The Bertz CT molecular complexity index is 832. The van der Waals surface area contributed by atoms with E-state index < -0.39 is 0 Å². The lowest BCUT2D eigenvalue weighted by Crippen LogP contribution is -2.19. The highest BCUT2D eigenvalue weighted by atomic mass is 14.7. The van der Waals surface area contributed by atoms with Crippen molar-refractivity contribution in [2.75, 3.05) is 0 Å². The zero-order valence-electron chi connectivity index (χ0n) is 14.4. The highest BCUT2D eigenvalue weighted by Gasteiger charge is 2.23. The maximum absolute atomic E-state index is 4.65. The SMILES string of the molecule is CCC(C)(CC)c1cc(C)cc(-c2cc3ncccc3cn2)c1. The van der Waals surface area contributed by atoms with Crippen molar-refractivity contribution >= 4 is 10.9 Å². The topological polar surface area (TPSA) is 25.8 Å². The van der Waals surface area contributed by atoms with Crippen LogP contribution in [0.4, 0.5) is 0 Å². The highest BCUT2D eigenvalue weighted by Crippen LogP contribution is 2.34. The van der Waals surface area contributed by atoms with Crippen molar-refractivity contribution in [1.29, 1.82) is 0 Å². The van der Waals surface area contributed by atoms with Crippen LogP contribution in [0, 0.1) is 6.92 Å². The second-order valence-corrected chi connectivity index (χ2v) is 6.62. The van der Waals surface area contributed by atoms with Gasteiger partial charge in [0.05, 0.1) is 11.2 Å². The first kappa shape index (κ1) is 15.7. The maximum Gasteiger partial charge on any atom is 0.0739 e. The standard InChI is InChI=1S/C21H24N2/c1-5-21(4,6-2)18-11-15(3)10-17(12-18)20-13-19-16(14-23-20)8-7-9-22-19/h7-14H,5-6H2,1-4H3. The Hall–Kier alpha value is -2.22. The van der Waals surface area contributed by atoms with E-state index in [-0.39, 0.29) is 5.41 Å². The van der Waals surface area contributed by atoms with Gasteiger partial charge in [0.1, 0.15) is 0 Å². The number of hydrogen-bond donors (Lipinski definition) is 0. The van der Waals surface area contributed by atoms with Crippen LogP contribution in [0.2, 0.25) is 0 Å². The Balaban J connectivity index is 2.13. The van der Waals surface area contributed by atoms with E-state index in [2.05, 4.69) is 61.9 Å². The van der Waals surface area contributed by atoms with Crippen LogP contribution in [0.5, 0.6) is 0 Å². The third-order valence-electron chi connectivity index (χ3n) is 5.12. The molecular weight excluding hydrogens is 280 g/mol. The van der Waals surface area contributed by atoms with E-state index in [1.165, 1.54) is 16.7 Å². The first-order valence-corrected chi connectivity index (χ1v) is 8.39. The summed E-state index contributed by atoms with van der Waals surface area (Å²) in [5, 5.41) is 1.08. The van der Waals surface area contributed by atoms with E-state index in [0.29, 0.717) is 0 Å². The summed E-state index contributed by atoms with van der Waals surface area (Å²) in [7, 11) is 0. The van der Waals surface area contributed by atoms with Crippen LogP contribution >= 0.6 is 0 Å². The van der Waals surface area contributed by atoms with Crippen molar-refractivity contribution < 1.29 is 0 Å². The minimum atomic E-state index is 0.218. The summed E-state index contributed by atoms with van der Waals surface area (Å²) in [5.74, 6) is 0. The number of pyridine rings is 2. The Labute approximate surface area is 138 Å². The first-order chi connectivity index (χ1) is 11.1. The Morgan fingerprint density at radius 2 is 1.78 bits per heavy atom. The molecule has 0 radical (unpaired) electrons. The maximum atomic E-state index is 4.65. The fraction of sp³-hybridized carbons (Fsp3) is 0.333. The molecule has 1 aromatic carbocycles. The molecule has 3 aromatic rings. The van der Waals surface area contributed by atoms with E-state index in [0.717, 1.165) is 29.4 Å². The molecule has 0 atom stereocenters. The average Bonchev–Trinajstić information content (AvgIpc) is 2.60. The Morgan fingerprint density at radius 3 is 2.52 bits per heavy atom. The zero-order chi connectivity index (χ0) is 16.4. The van der Waals surface area contributed by atoms with Crippen LogP contribution < -0.4 is 0 Å². The summed E-state index contributed by atoms with van der Waals surface area (Å²) >= 11 is 0. The summed E-state index contributed by atoms with van der Waals surface area (Å²) in [4.78, 5) is 9.11. The van der Waals surface area contributed by atoms with Crippen LogP contribution in [-0.4, -0.2) is 9.97 Å². The summed E-state index contributed by atoms with van der Waals surface area (Å²) in [6.45, 7) is 9.05. The van der Waals surface area contributed by atoms with Gasteiger partial charge in [-0.25, -0.2) is 0 Å². The van der Waals surface area contributed by atoms with Gasteiger partial charge >= 0.3 is 0 Å². The summed E-state index contributed by atoms with van der Waals surface area (Å²) < 4.78 is 0. The molecule has 2 heteroatoms. The molecule has 0 aliphatic heterocycles. The second kappa shape index (κ2) is 6.11. The number of nitrogens with zero attached hydrogens (tertiary/aromatic N) is 2. The van der Waals surface area contributed by atoms with Crippen molar-refractivity contribution in [2.45, 2.75) is 46.0 Å². The average molecular weight is 304 g/mol. The lowest BCUT2D eigenvalue weighted by Gasteiger charge is -2.28. The zero-order valence-corrected chi connectivity index (χ0v) is 14.4. The molecule has 0 spiro atoms. The van der Waals surface area contributed by atoms with Crippen LogP contribution in [0.25, 0.3) is 22.2 Å². The highest BCUT2D eigenvalue weighted by molar-refractivity contribution is 5.81. The fourth-order valence-corrected chi connectivity index (χ4v) is 3.06. The molecule has 0 N–H and O–H groups in total. The number of hydrogen-bond acceptors (Lipinski definition) is 2.